The third-order valence-corrected chi connectivity index (χ3v) is 7.48. The first-order chi connectivity index (χ1) is 16.6. The van der Waals surface area contributed by atoms with Gasteiger partial charge in [0.15, 0.2) is 0 Å². The van der Waals surface area contributed by atoms with Crippen LogP contribution in [0.2, 0.25) is 0 Å². The minimum Gasteiger partial charge on any atom is -0.496 e. The molecule has 0 unspecified atom stereocenters. The summed E-state index contributed by atoms with van der Waals surface area (Å²) in [7, 11) is 1.72. The van der Waals surface area contributed by atoms with Gasteiger partial charge in [-0.05, 0) is 49.9 Å². The third kappa shape index (κ3) is 4.71. The average molecular weight is 475 g/mol. The molecule has 0 radical (unpaired) electrons. The Hall–Kier alpha value is -3.19. The van der Waals surface area contributed by atoms with Crippen molar-refractivity contribution in [3.63, 3.8) is 0 Å². The molecule has 0 aliphatic carbocycles. The van der Waals surface area contributed by atoms with E-state index in [4.69, 9.17) is 9.72 Å². The summed E-state index contributed by atoms with van der Waals surface area (Å²) >= 11 is 1.60. The lowest BCUT2D eigenvalue weighted by molar-refractivity contribution is -0.131. The van der Waals surface area contributed by atoms with Crippen LogP contribution in [0.15, 0.2) is 53.9 Å². The van der Waals surface area contributed by atoms with Crippen LogP contribution in [0.4, 0.5) is 0 Å². The minimum absolute atomic E-state index is 0.177. The Labute approximate surface area is 204 Å². The van der Waals surface area contributed by atoms with E-state index in [-0.39, 0.29) is 5.91 Å². The quantitative estimate of drug-likeness (QED) is 0.378. The molecule has 1 fully saturated rings. The highest BCUT2D eigenvalue weighted by molar-refractivity contribution is 7.09. The van der Waals surface area contributed by atoms with Crippen molar-refractivity contribution in [3.05, 3.63) is 76.0 Å². The molecule has 2 aromatic heterocycles. The zero-order valence-electron chi connectivity index (χ0n) is 19.7. The number of carbonyl (C=O) groups excluding carboxylic acids is 1. The summed E-state index contributed by atoms with van der Waals surface area (Å²) in [6, 6.07) is 16.9. The second-order valence-electron chi connectivity index (χ2n) is 8.85. The second-order valence-corrected chi connectivity index (χ2v) is 9.91. The van der Waals surface area contributed by atoms with Gasteiger partial charge in [0.2, 0.25) is 5.91 Å². The van der Waals surface area contributed by atoms with E-state index in [1.807, 2.05) is 35.4 Å². The van der Waals surface area contributed by atoms with Crippen molar-refractivity contribution in [1.82, 2.24) is 19.4 Å². The highest BCUT2D eigenvalue weighted by Crippen LogP contribution is 2.30. The first kappa shape index (κ1) is 22.6. The van der Waals surface area contributed by atoms with Crippen LogP contribution in [0.5, 0.6) is 5.75 Å². The number of ether oxygens (including phenoxy) is 1. The van der Waals surface area contributed by atoms with Gasteiger partial charge in [0, 0.05) is 30.9 Å². The molecular formula is C27H30N4O2S. The predicted molar refractivity (Wildman–Crippen MR) is 136 cm³/mol. The summed E-state index contributed by atoms with van der Waals surface area (Å²) in [5.74, 6) is 2.21. The lowest BCUT2D eigenvalue weighted by atomic mass is 10.0. The number of imidazole rings is 1. The molecule has 7 heteroatoms. The van der Waals surface area contributed by atoms with Gasteiger partial charge in [0.1, 0.15) is 11.6 Å². The summed E-state index contributed by atoms with van der Waals surface area (Å²) in [5, 5.41) is 3.00. The van der Waals surface area contributed by atoms with Gasteiger partial charge in [-0.1, -0.05) is 30.3 Å². The van der Waals surface area contributed by atoms with Crippen molar-refractivity contribution in [2.45, 2.75) is 45.1 Å². The number of aryl methyl sites for hydroxylation is 3. The van der Waals surface area contributed by atoms with Gasteiger partial charge in [-0.25, -0.2) is 9.97 Å². The van der Waals surface area contributed by atoms with Crippen LogP contribution in [0, 0.1) is 6.92 Å². The molecule has 176 valence electrons. The molecule has 1 amide bonds. The summed E-state index contributed by atoms with van der Waals surface area (Å²) in [6.45, 7) is 3.52. The Morgan fingerprint density at radius 2 is 1.82 bits per heavy atom. The molecule has 0 saturated carbocycles. The number of hydrogen-bond donors (Lipinski definition) is 0. The SMILES string of the molecule is COc1ccccc1CCc1nc2ccccc2n1C1CCN(C(=O)Cc2csc(C)n2)CC1. The number of carbonyl (C=O) groups is 1. The van der Waals surface area contributed by atoms with Crippen LogP contribution < -0.4 is 4.74 Å². The van der Waals surface area contributed by atoms with Crippen LogP contribution in [0.3, 0.4) is 0 Å². The Kier molecular flexibility index (Phi) is 6.63. The van der Waals surface area contributed by atoms with Gasteiger partial charge in [0.05, 0.1) is 35.3 Å². The molecule has 0 atom stereocenters. The Balaban J connectivity index is 1.32. The maximum atomic E-state index is 12.8. The van der Waals surface area contributed by atoms with Crippen molar-refractivity contribution < 1.29 is 9.53 Å². The number of amides is 1. The van der Waals surface area contributed by atoms with Crippen molar-refractivity contribution in [1.29, 1.82) is 0 Å². The monoisotopic (exact) mass is 474 g/mol. The number of aromatic nitrogens is 3. The number of fused-ring (bicyclic) bond motifs is 1. The van der Waals surface area contributed by atoms with E-state index in [0.29, 0.717) is 12.5 Å². The number of benzene rings is 2. The molecule has 0 bridgehead atoms. The minimum atomic E-state index is 0.177. The largest absolute Gasteiger partial charge is 0.496 e. The Bertz CT molecular complexity index is 1290. The highest BCUT2D eigenvalue weighted by atomic mass is 32.1. The van der Waals surface area contributed by atoms with Gasteiger partial charge in [-0.2, -0.15) is 0 Å². The fourth-order valence-corrected chi connectivity index (χ4v) is 5.58. The first-order valence-electron chi connectivity index (χ1n) is 11.9. The van der Waals surface area contributed by atoms with Crippen LogP contribution in [-0.4, -0.2) is 45.5 Å². The van der Waals surface area contributed by atoms with E-state index >= 15 is 0 Å². The number of methoxy groups -OCH3 is 1. The average Bonchev–Trinajstić information content (AvgIpc) is 3.45. The number of nitrogens with zero attached hydrogens (tertiary/aromatic N) is 4. The molecule has 3 heterocycles. The van der Waals surface area contributed by atoms with Gasteiger partial charge >= 0.3 is 0 Å². The fraction of sp³-hybridized carbons (Fsp3) is 0.370. The molecule has 5 rings (SSSR count). The van der Waals surface area contributed by atoms with Crippen LogP contribution in [0.1, 0.15) is 41.0 Å². The normalized spacial score (nSPS) is 14.6. The molecule has 6 nitrogen and oxygen atoms in total. The second kappa shape index (κ2) is 9.97. The zero-order chi connectivity index (χ0) is 23.5. The molecule has 34 heavy (non-hydrogen) atoms. The van der Waals surface area contributed by atoms with E-state index in [1.165, 1.54) is 11.1 Å². The zero-order valence-corrected chi connectivity index (χ0v) is 20.6. The predicted octanol–water partition coefficient (Wildman–Crippen LogP) is 5.00. The van der Waals surface area contributed by atoms with E-state index in [0.717, 1.165) is 66.6 Å². The van der Waals surface area contributed by atoms with Crippen molar-refractivity contribution in [2.24, 2.45) is 0 Å². The summed E-state index contributed by atoms with van der Waals surface area (Å²) in [6.07, 6.45) is 3.98. The molecule has 2 aromatic carbocycles. The number of rotatable bonds is 7. The number of thiazole rings is 1. The van der Waals surface area contributed by atoms with Crippen molar-refractivity contribution in [3.8, 4) is 5.75 Å². The summed E-state index contributed by atoms with van der Waals surface area (Å²) in [4.78, 5) is 24.3. The van der Waals surface area contributed by atoms with Crippen LogP contribution in [-0.2, 0) is 24.1 Å². The fourth-order valence-electron chi connectivity index (χ4n) is 4.96. The van der Waals surface area contributed by atoms with Crippen LogP contribution in [0.25, 0.3) is 11.0 Å². The highest BCUT2D eigenvalue weighted by Gasteiger charge is 2.27. The van der Waals surface area contributed by atoms with E-state index in [1.54, 1.807) is 18.4 Å². The molecule has 0 spiro atoms. The van der Waals surface area contributed by atoms with Gasteiger partial charge in [-0.15, -0.1) is 11.3 Å². The molecular weight excluding hydrogens is 444 g/mol. The Morgan fingerprint density at radius 3 is 2.59 bits per heavy atom. The summed E-state index contributed by atoms with van der Waals surface area (Å²) < 4.78 is 7.98. The number of hydrogen-bond acceptors (Lipinski definition) is 5. The van der Waals surface area contributed by atoms with Crippen molar-refractivity contribution in [2.75, 3.05) is 20.2 Å². The molecule has 4 aromatic rings. The van der Waals surface area contributed by atoms with E-state index in [2.05, 4.69) is 39.9 Å². The van der Waals surface area contributed by atoms with Gasteiger partial charge in [-0.3, -0.25) is 4.79 Å². The van der Waals surface area contributed by atoms with Gasteiger partial charge < -0.3 is 14.2 Å². The first-order valence-corrected chi connectivity index (χ1v) is 12.8. The Morgan fingerprint density at radius 1 is 1.06 bits per heavy atom. The number of likely N-dealkylation sites (tertiary alicyclic amines) is 1. The maximum Gasteiger partial charge on any atom is 0.228 e. The topological polar surface area (TPSA) is 60.2 Å². The third-order valence-electron chi connectivity index (χ3n) is 6.66. The molecule has 1 aliphatic rings. The lowest BCUT2D eigenvalue weighted by Crippen LogP contribution is -2.40. The van der Waals surface area contributed by atoms with Crippen molar-refractivity contribution >= 4 is 28.3 Å². The molecule has 1 saturated heterocycles. The van der Waals surface area contributed by atoms with E-state index < -0.39 is 0 Å². The number of para-hydroxylation sites is 3. The maximum absolute atomic E-state index is 12.8. The smallest absolute Gasteiger partial charge is 0.228 e. The van der Waals surface area contributed by atoms with Gasteiger partial charge in [0.25, 0.3) is 0 Å². The standard InChI is InChI=1S/C27H30N4O2S/c1-19-28-21(18-34-19)17-27(32)30-15-13-22(14-16-30)31-24-9-5-4-8-23(24)29-26(31)12-11-20-7-3-6-10-25(20)33-2/h3-10,18,22H,11-17H2,1-2H3. The molecule has 0 N–H and O–H groups in total. The number of piperidine rings is 1. The lowest BCUT2D eigenvalue weighted by Gasteiger charge is -2.33. The van der Waals surface area contributed by atoms with E-state index in [9.17, 15) is 4.79 Å². The molecule has 1 aliphatic heterocycles. The summed E-state index contributed by atoms with van der Waals surface area (Å²) in [5.41, 5.74) is 4.30. The van der Waals surface area contributed by atoms with Crippen LogP contribution >= 0.6 is 11.3 Å².